The van der Waals surface area contributed by atoms with E-state index in [0.717, 1.165) is 11.3 Å². The molecule has 2 aromatic rings. The molecule has 0 aliphatic rings. The molecule has 0 aliphatic carbocycles. The van der Waals surface area contributed by atoms with Gasteiger partial charge in [-0.2, -0.15) is 12.6 Å². The third-order valence-electron chi connectivity index (χ3n) is 1.94. The molecule has 1 aromatic heterocycles. The molecule has 0 saturated heterocycles. The monoisotopic (exact) mass is 222 g/mol. The summed E-state index contributed by atoms with van der Waals surface area (Å²) in [5.41, 5.74) is 0.872. The summed E-state index contributed by atoms with van der Waals surface area (Å²) in [4.78, 5) is 0. The van der Waals surface area contributed by atoms with E-state index in [1.807, 2.05) is 24.3 Å². The molecule has 0 amide bonds. The fraction of sp³-hybridized carbons (Fsp3) is 0.200. The van der Waals surface area contributed by atoms with Crippen LogP contribution in [-0.2, 0) is 5.75 Å². The molecule has 0 bridgehead atoms. The lowest BCUT2D eigenvalue weighted by Gasteiger charge is -1.98. The van der Waals surface area contributed by atoms with Crippen molar-refractivity contribution in [3.05, 3.63) is 30.2 Å². The average Bonchev–Trinajstić information content (AvgIpc) is 2.78. The maximum absolute atomic E-state index is 5.35. The third-order valence-corrected chi connectivity index (χ3v) is 2.21. The van der Waals surface area contributed by atoms with Gasteiger partial charge in [-0.3, -0.25) is 0 Å². The van der Waals surface area contributed by atoms with Crippen molar-refractivity contribution in [1.82, 2.24) is 10.2 Å². The highest BCUT2D eigenvalue weighted by molar-refractivity contribution is 7.79. The molecule has 0 saturated carbocycles. The Labute approximate surface area is 92.7 Å². The fourth-order valence-electron chi connectivity index (χ4n) is 1.17. The van der Waals surface area contributed by atoms with Gasteiger partial charge in [0, 0.05) is 5.56 Å². The Morgan fingerprint density at radius 3 is 2.53 bits per heavy atom. The van der Waals surface area contributed by atoms with Gasteiger partial charge in [0.05, 0.1) is 12.9 Å². The normalized spacial score (nSPS) is 10.3. The smallest absolute Gasteiger partial charge is 0.247 e. The van der Waals surface area contributed by atoms with Crippen LogP contribution < -0.4 is 4.74 Å². The summed E-state index contributed by atoms with van der Waals surface area (Å²) in [5, 5.41) is 7.74. The molecule has 1 heterocycles. The van der Waals surface area contributed by atoms with Crippen LogP contribution in [0.5, 0.6) is 5.75 Å². The van der Waals surface area contributed by atoms with Gasteiger partial charge in [0.1, 0.15) is 5.75 Å². The number of nitrogens with zero attached hydrogens (tertiary/aromatic N) is 2. The number of benzene rings is 1. The van der Waals surface area contributed by atoms with Crippen LogP contribution in [-0.4, -0.2) is 17.3 Å². The molecular weight excluding hydrogens is 212 g/mol. The van der Waals surface area contributed by atoms with Crippen LogP contribution in [0.15, 0.2) is 28.7 Å². The zero-order chi connectivity index (χ0) is 10.7. The summed E-state index contributed by atoms with van der Waals surface area (Å²) in [5.74, 6) is 2.27. The minimum atomic E-state index is 0.448. The zero-order valence-electron chi connectivity index (χ0n) is 8.17. The highest BCUT2D eigenvalue weighted by Crippen LogP contribution is 2.21. The molecule has 2 rings (SSSR count). The molecular formula is C10H10N2O2S. The Balaban J connectivity index is 2.28. The van der Waals surface area contributed by atoms with Gasteiger partial charge in [0.25, 0.3) is 0 Å². The minimum Gasteiger partial charge on any atom is -0.497 e. The number of aromatic nitrogens is 2. The largest absolute Gasteiger partial charge is 0.497 e. The van der Waals surface area contributed by atoms with Crippen molar-refractivity contribution in [2.24, 2.45) is 0 Å². The van der Waals surface area contributed by atoms with Gasteiger partial charge in [-0.25, -0.2) is 0 Å². The Kier molecular flexibility index (Phi) is 2.91. The molecule has 0 fully saturated rings. The van der Waals surface area contributed by atoms with Gasteiger partial charge in [-0.15, -0.1) is 10.2 Å². The highest BCUT2D eigenvalue weighted by atomic mass is 32.1. The molecule has 4 nitrogen and oxygen atoms in total. The van der Waals surface area contributed by atoms with Gasteiger partial charge >= 0.3 is 0 Å². The van der Waals surface area contributed by atoms with Crippen LogP contribution in [0, 0.1) is 0 Å². The van der Waals surface area contributed by atoms with Crippen molar-refractivity contribution in [2.75, 3.05) is 7.11 Å². The molecule has 0 N–H and O–H groups in total. The highest BCUT2D eigenvalue weighted by Gasteiger charge is 2.06. The summed E-state index contributed by atoms with van der Waals surface area (Å²) in [6.07, 6.45) is 0. The van der Waals surface area contributed by atoms with E-state index in [1.54, 1.807) is 7.11 Å². The minimum absolute atomic E-state index is 0.448. The van der Waals surface area contributed by atoms with Crippen LogP contribution in [0.2, 0.25) is 0 Å². The van der Waals surface area contributed by atoms with Crippen molar-refractivity contribution >= 4 is 12.6 Å². The fourth-order valence-corrected chi connectivity index (χ4v) is 1.30. The SMILES string of the molecule is COc1ccc(-c2nnc(CS)o2)cc1. The Morgan fingerprint density at radius 2 is 2.00 bits per heavy atom. The van der Waals surface area contributed by atoms with Crippen molar-refractivity contribution in [3.8, 4) is 17.2 Å². The maximum atomic E-state index is 5.35. The molecule has 0 radical (unpaired) electrons. The summed E-state index contributed by atoms with van der Waals surface area (Å²) < 4.78 is 10.4. The first-order chi connectivity index (χ1) is 7.33. The molecule has 15 heavy (non-hydrogen) atoms. The van der Waals surface area contributed by atoms with E-state index >= 15 is 0 Å². The van der Waals surface area contributed by atoms with Gasteiger partial charge < -0.3 is 9.15 Å². The number of ether oxygens (including phenoxy) is 1. The summed E-state index contributed by atoms with van der Waals surface area (Å²) in [6, 6.07) is 7.43. The van der Waals surface area contributed by atoms with Crippen molar-refractivity contribution in [2.45, 2.75) is 5.75 Å². The van der Waals surface area contributed by atoms with E-state index in [0.29, 0.717) is 17.5 Å². The first-order valence-corrected chi connectivity index (χ1v) is 5.04. The van der Waals surface area contributed by atoms with Crippen molar-refractivity contribution in [1.29, 1.82) is 0 Å². The van der Waals surface area contributed by atoms with E-state index in [-0.39, 0.29) is 0 Å². The van der Waals surface area contributed by atoms with E-state index in [4.69, 9.17) is 9.15 Å². The summed E-state index contributed by atoms with van der Waals surface area (Å²) in [6.45, 7) is 0. The van der Waals surface area contributed by atoms with E-state index < -0.39 is 0 Å². The zero-order valence-corrected chi connectivity index (χ0v) is 9.07. The maximum Gasteiger partial charge on any atom is 0.247 e. The number of rotatable bonds is 3. The molecule has 0 spiro atoms. The van der Waals surface area contributed by atoms with Crippen LogP contribution in [0.4, 0.5) is 0 Å². The average molecular weight is 222 g/mol. The van der Waals surface area contributed by atoms with Crippen LogP contribution >= 0.6 is 12.6 Å². The number of methoxy groups -OCH3 is 1. The first-order valence-electron chi connectivity index (χ1n) is 4.41. The molecule has 0 atom stereocenters. The Hall–Kier alpha value is -1.49. The lowest BCUT2D eigenvalue weighted by molar-refractivity contribution is 0.415. The molecule has 5 heteroatoms. The predicted octanol–water partition coefficient (Wildman–Crippen LogP) is 2.17. The number of thiol groups is 1. The van der Waals surface area contributed by atoms with Crippen molar-refractivity contribution in [3.63, 3.8) is 0 Å². The number of hydrogen-bond donors (Lipinski definition) is 1. The Morgan fingerprint density at radius 1 is 1.27 bits per heavy atom. The summed E-state index contributed by atoms with van der Waals surface area (Å²) >= 11 is 4.05. The molecule has 0 unspecified atom stereocenters. The summed E-state index contributed by atoms with van der Waals surface area (Å²) in [7, 11) is 1.63. The third kappa shape index (κ3) is 2.12. The van der Waals surface area contributed by atoms with Crippen LogP contribution in [0.3, 0.4) is 0 Å². The van der Waals surface area contributed by atoms with E-state index in [9.17, 15) is 0 Å². The number of hydrogen-bond acceptors (Lipinski definition) is 5. The van der Waals surface area contributed by atoms with Crippen molar-refractivity contribution < 1.29 is 9.15 Å². The molecule has 78 valence electrons. The van der Waals surface area contributed by atoms with E-state index in [1.165, 1.54) is 0 Å². The molecule has 1 aromatic carbocycles. The quantitative estimate of drug-likeness (QED) is 0.808. The second-order valence-electron chi connectivity index (χ2n) is 2.89. The topological polar surface area (TPSA) is 48.2 Å². The molecule has 0 aliphatic heterocycles. The van der Waals surface area contributed by atoms with Gasteiger partial charge in [-0.1, -0.05) is 0 Å². The van der Waals surface area contributed by atoms with Gasteiger partial charge in [0.2, 0.25) is 11.8 Å². The van der Waals surface area contributed by atoms with Crippen LogP contribution in [0.25, 0.3) is 11.5 Å². The van der Waals surface area contributed by atoms with E-state index in [2.05, 4.69) is 22.8 Å². The second kappa shape index (κ2) is 4.35. The lowest BCUT2D eigenvalue weighted by atomic mass is 10.2. The standard InChI is InChI=1S/C10H10N2O2S/c1-13-8-4-2-7(3-5-8)10-12-11-9(6-15)14-10/h2-5,15H,6H2,1H3. The lowest BCUT2D eigenvalue weighted by Crippen LogP contribution is -1.82. The first kappa shape index (κ1) is 10.0. The van der Waals surface area contributed by atoms with Gasteiger partial charge in [-0.05, 0) is 24.3 Å². The van der Waals surface area contributed by atoms with Crippen LogP contribution in [0.1, 0.15) is 5.89 Å². The second-order valence-corrected chi connectivity index (χ2v) is 3.20. The predicted molar refractivity (Wildman–Crippen MR) is 59.0 cm³/mol. The van der Waals surface area contributed by atoms with Gasteiger partial charge in [0.15, 0.2) is 0 Å². The Bertz CT molecular complexity index is 439.